The molecule has 2 aromatic carbocycles. The molecule has 0 fully saturated rings. The van der Waals surface area contributed by atoms with E-state index in [4.69, 9.17) is 12.2 Å². The van der Waals surface area contributed by atoms with Crippen molar-refractivity contribution in [2.75, 3.05) is 11.9 Å². The Morgan fingerprint density at radius 2 is 1.74 bits per heavy atom. The van der Waals surface area contributed by atoms with E-state index in [-0.39, 0.29) is 5.75 Å². The van der Waals surface area contributed by atoms with E-state index in [1.165, 1.54) is 17.7 Å². The Kier molecular flexibility index (Phi) is 6.29. The van der Waals surface area contributed by atoms with Crippen molar-refractivity contribution in [3.63, 3.8) is 0 Å². The van der Waals surface area contributed by atoms with Crippen molar-refractivity contribution in [1.29, 1.82) is 0 Å². The van der Waals surface area contributed by atoms with Gasteiger partial charge in [-0.25, -0.2) is 0 Å². The van der Waals surface area contributed by atoms with E-state index in [0.717, 1.165) is 17.7 Å². The minimum absolute atomic E-state index is 0.160. The Hall–Kier alpha value is -2.21. The number of alkyl halides is 2. The molecule has 0 aliphatic rings. The summed E-state index contributed by atoms with van der Waals surface area (Å²) in [5.41, 5.74) is 3.13. The van der Waals surface area contributed by atoms with Gasteiger partial charge in [0.1, 0.15) is 5.75 Å². The maximum Gasteiger partial charge on any atom is 0.387 e. The standard InChI is InChI=1S/C17H18F2N2OS/c1-12-2-6-14(7-3-12)21-17(23)20-11-10-13-4-8-15(9-5-13)22-16(18)19/h2-9,16H,10-11H2,1H3,(H2,20,21,23). The van der Waals surface area contributed by atoms with Gasteiger partial charge in [-0.3, -0.25) is 0 Å². The van der Waals surface area contributed by atoms with E-state index < -0.39 is 6.61 Å². The van der Waals surface area contributed by atoms with Crippen molar-refractivity contribution in [2.45, 2.75) is 20.0 Å². The molecule has 0 aliphatic heterocycles. The number of aryl methyl sites for hydroxylation is 1. The lowest BCUT2D eigenvalue weighted by Crippen LogP contribution is -2.30. The molecule has 0 amide bonds. The zero-order valence-corrected chi connectivity index (χ0v) is 13.5. The molecule has 0 saturated heterocycles. The highest BCUT2D eigenvalue weighted by Gasteiger charge is 2.04. The van der Waals surface area contributed by atoms with Gasteiger partial charge in [-0.15, -0.1) is 0 Å². The molecule has 0 bridgehead atoms. The fraction of sp³-hybridized carbons (Fsp3) is 0.235. The largest absolute Gasteiger partial charge is 0.435 e. The number of thiocarbonyl (C=S) groups is 1. The molecule has 2 aromatic rings. The van der Waals surface area contributed by atoms with Gasteiger partial charge in [0, 0.05) is 12.2 Å². The van der Waals surface area contributed by atoms with Crippen LogP contribution >= 0.6 is 12.2 Å². The van der Waals surface area contributed by atoms with Gasteiger partial charge in [0.25, 0.3) is 0 Å². The van der Waals surface area contributed by atoms with E-state index in [0.29, 0.717) is 11.7 Å². The third-order valence-corrected chi connectivity index (χ3v) is 3.40. The summed E-state index contributed by atoms with van der Waals surface area (Å²) in [5.74, 6) is 0.160. The Morgan fingerprint density at radius 3 is 2.35 bits per heavy atom. The Morgan fingerprint density at radius 1 is 1.09 bits per heavy atom. The highest BCUT2D eigenvalue weighted by atomic mass is 32.1. The van der Waals surface area contributed by atoms with Gasteiger partial charge in [0.15, 0.2) is 5.11 Å². The Balaban J connectivity index is 1.73. The van der Waals surface area contributed by atoms with Crippen LogP contribution in [0.5, 0.6) is 5.75 Å². The van der Waals surface area contributed by atoms with E-state index >= 15 is 0 Å². The number of rotatable bonds is 6. The summed E-state index contributed by atoms with van der Waals surface area (Å²) in [5, 5.41) is 6.76. The lowest BCUT2D eigenvalue weighted by molar-refractivity contribution is -0.0498. The SMILES string of the molecule is Cc1ccc(NC(=S)NCCc2ccc(OC(F)F)cc2)cc1. The molecule has 0 unspecified atom stereocenters. The minimum atomic E-state index is -2.80. The van der Waals surface area contributed by atoms with E-state index in [9.17, 15) is 8.78 Å². The Labute approximate surface area is 139 Å². The number of benzene rings is 2. The van der Waals surface area contributed by atoms with Crippen LogP contribution in [0.4, 0.5) is 14.5 Å². The van der Waals surface area contributed by atoms with Crippen molar-refractivity contribution >= 4 is 23.0 Å². The van der Waals surface area contributed by atoms with E-state index in [1.807, 2.05) is 31.2 Å². The molecule has 0 heterocycles. The number of nitrogens with one attached hydrogen (secondary N) is 2. The molecule has 6 heteroatoms. The summed E-state index contributed by atoms with van der Waals surface area (Å²) in [6.07, 6.45) is 0.727. The number of halogens is 2. The van der Waals surface area contributed by atoms with Crippen LogP contribution in [-0.2, 0) is 6.42 Å². The first-order chi connectivity index (χ1) is 11.0. The number of hydrogen-bond donors (Lipinski definition) is 2. The predicted octanol–water partition coefficient (Wildman–Crippen LogP) is 4.13. The zero-order chi connectivity index (χ0) is 16.7. The van der Waals surface area contributed by atoms with Crippen LogP contribution in [0.1, 0.15) is 11.1 Å². The summed E-state index contributed by atoms with van der Waals surface area (Å²) in [6.45, 7) is -0.127. The smallest absolute Gasteiger partial charge is 0.387 e. The first-order valence-electron chi connectivity index (χ1n) is 7.18. The van der Waals surface area contributed by atoms with Crippen molar-refractivity contribution in [3.8, 4) is 5.75 Å². The molecular formula is C17H18F2N2OS. The van der Waals surface area contributed by atoms with Crippen molar-refractivity contribution < 1.29 is 13.5 Å². The van der Waals surface area contributed by atoms with Gasteiger partial charge in [0.2, 0.25) is 0 Å². The highest BCUT2D eigenvalue weighted by Crippen LogP contribution is 2.15. The van der Waals surface area contributed by atoms with Crippen LogP contribution in [0.25, 0.3) is 0 Å². The molecule has 23 heavy (non-hydrogen) atoms. The average molecular weight is 336 g/mol. The van der Waals surface area contributed by atoms with Crippen molar-refractivity contribution in [3.05, 3.63) is 59.7 Å². The van der Waals surface area contributed by atoms with E-state index in [2.05, 4.69) is 15.4 Å². The van der Waals surface area contributed by atoms with Gasteiger partial charge < -0.3 is 15.4 Å². The molecule has 0 aliphatic carbocycles. The quantitative estimate of drug-likeness (QED) is 0.777. The third-order valence-electron chi connectivity index (χ3n) is 3.16. The first kappa shape index (κ1) is 17.1. The van der Waals surface area contributed by atoms with Crippen LogP contribution in [-0.4, -0.2) is 18.3 Å². The van der Waals surface area contributed by atoms with Gasteiger partial charge in [-0.2, -0.15) is 8.78 Å². The molecule has 0 spiro atoms. The van der Waals surface area contributed by atoms with Crippen LogP contribution < -0.4 is 15.4 Å². The van der Waals surface area contributed by atoms with Gasteiger partial charge in [0.05, 0.1) is 0 Å². The number of anilines is 1. The highest BCUT2D eigenvalue weighted by molar-refractivity contribution is 7.80. The van der Waals surface area contributed by atoms with Gasteiger partial charge >= 0.3 is 6.61 Å². The second kappa shape index (κ2) is 8.43. The molecular weight excluding hydrogens is 318 g/mol. The van der Waals surface area contributed by atoms with Gasteiger partial charge in [-0.1, -0.05) is 29.8 Å². The predicted molar refractivity (Wildman–Crippen MR) is 92.2 cm³/mol. The number of ether oxygens (including phenoxy) is 1. The molecule has 0 radical (unpaired) electrons. The van der Waals surface area contributed by atoms with Crippen LogP contribution in [0.2, 0.25) is 0 Å². The molecule has 3 nitrogen and oxygen atoms in total. The summed E-state index contributed by atoms with van der Waals surface area (Å²) in [7, 11) is 0. The van der Waals surface area contributed by atoms with Crippen LogP contribution in [0, 0.1) is 6.92 Å². The first-order valence-corrected chi connectivity index (χ1v) is 7.59. The summed E-state index contributed by atoms with van der Waals surface area (Å²) in [4.78, 5) is 0. The Bertz CT molecular complexity index is 630. The second-order valence-electron chi connectivity index (χ2n) is 5.02. The lowest BCUT2D eigenvalue weighted by atomic mass is 10.1. The van der Waals surface area contributed by atoms with Crippen molar-refractivity contribution in [1.82, 2.24) is 5.32 Å². The molecule has 2 N–H and O–H groups in total. The van der Waals surface area contributed by atoms with Gasteiger partial charge in [-0.05, 0) is 55.4 Å². The third kappa shape index (κ3) is 6.20. The number of hydrogen-bond acceptors (Lipinski definition) is 2. The second-order valence-corrected chi connectivity index (χ2v) is 5.43. The minimum Gasteiger partial charge on any atom is -0.435 e. The zero-order valence-electron chi connectivity index (χ0n) is 12.7. The molecule has 0 atom stereocenters. The summed E-state index contributed by atoms with van der Waals surface area (Å²) in [6, 6.07) is 14.5. The maximum atomic E-state index is 12.1. The molecule has 122 valence electrons. The average Bonchev–Trinajstić information content (AvgIpc) is 2.51. The molecule has 0 aromatic heterocycles. The molecule has 0 saturated carbocycles. The maximum absolute atomic E-state index is 12.1. The molecule has 2 rings (SSSR count). The van der Waals surface area contributed by atoms with E-state index in [1.54, 1.807) is 12.1 Å². The van der Waals surface area contributed by atoms with Crippen LogP contribution in [0.15, 0.2) is 48.5 Å². The van der Waals surface area contributed by atoms with Crippen LogP contribution in [0.3, 0.4) is 0 Å². The normalized spacial score (nSPS) is 10.4. The monoisotopic (exact) mass is 336 g/mol. The summed E-state index contributed by atoms with van der Waals surface area (Å²) < 4.78 is 28.4. The van der Waals surface area contributed by atoms with Crippen molar-refractivity contribution in [2.24, 2.45) is 0 Å². The fourth-order valence-corrected chi connectivity index (χ4v) is 2.19. The lowest BCUT2D eigenvalue weighted by Gasteiger charge is -2.11. The topological polar surface area (TPSA) is 33.3 Å². The fourth-order valence-electron chi connectivity index (χ4n) is 1.97. The summed E-state index contributed by atoms with van der Waals surface area (Å²) >= 11 is 5.23.